The Morgan fingerprint density at radius 1 is 1.39 bits per heavy atom. The van der Waals surface area contributed by atoms with E-state index in [4.69, 9.17) is 4.74 Å². The van der Waals surface area contributed by atoms with Gasteiger partial charge in [-0.05, 0) is 26.0 Å². The lowest BCUT2D eigenvalue weighted by atomic mass is 10.3. The molecule has 2 rings (SSSR count). The summed E-state index contributed by atoms with van der Waals surface area (Å²) >= 11 is 1.31. The third-order valence-corrected chi connectivity index (χ3v) is 2.93. The normalized spacial score (nSPS) is 10.4. The summed E-state index contributed by atoms with van der Waals surface area (Å²) in [6.07, 6.45) is 1.61. The Kier molecular flexibility index (Phi) is 3.94. The number of carbonyl (C=O) groups is 1. The molecule has 0 aliphatic carbocycles. The number of nitrogens with one attached hydrogen (secondary N) is 1. The highest BCUT2D eigenvalue weighted by molar-refractivity contribution is 7.11. The summed E-state index contributed by atoms with van der Waals surface area (Å²) < 4.78 is 5.64. The van der Waals surface area contributed by atoms with Gasteiger partial charge in [-0.25, -0.2) is 0 Å². The lowest BCUT2D eigenvalue weighted by Gasteiger charge is -2.14. The molecular formula is C13H14N2O2S. The number of hydrogen-bond acceptors (Lipinski definition) is 4. The summed E-state index contributed by atoms with van der Waals surface area (Å²) in [5, 5.41) is 2.82. The van der Waals surface area contributed by atoms with Gasteiger partial charge in [-0.3, -0.25) is 9.78 Å². The summed E-state index contributed by atoms with van der Waals surface area (Å²) in [6.45, 7) is 3.89. The van der Waals surface area contributed by atoms with E-state index in [2.05, 4.69) is 10.3 Å². The third-order valence-electron chi connectivity index (χ3n) is 2.15. The number of benzene rings is 1. The van der Waals surface area contributed by atoms with Gasteiger partial charge in [0.1, 0.15) is 10.6 Å². The van der Waals surface area contributed by atoms with Crippen molar-refractivity contribution in [3.63, 3.8) is 0 Å². The maximum atomic E-state index is 11.9. The molecule has 1 aromatic heterocycles. The van der Waals surface area contributed by atoms with Crippen molar-refractivity contribution in [1.82, 2.24) is 4.98 Å². The van der Waals surface area contributed by atoms with Gasteiger partial charge in [0.15, 0.2) is 0 Å². The van der Waals surface area contributed by atoms with E-state index < -0.39 is 0 Å². The summed E-state index contributed by atoms with van der Waals surface area (Å²) in [5.74, 6) is 0.502. The van der Waals surface area contributed by atoms with Crippen LogP contribution in [0, 0.1) is 0 Å². The second-order valence-corrected chi connectivity index (χ2v) is 4.87. The van der Waals surface area contributed by atoms with Crippen molar-refractivity contribution in [3.05, 3.63) is 40.8 Å². The highest BCUT2D eigenvalue weighted by Crippen LogP contribution is 2.25. The van der Waals surface area contributed by atoms with Crippen LogP contribution in [-0.4, -0.2) is 17.0 Å². The maximum absolute atomic E-state index is 11.9. The molecule has 1 heterocycles. The fourth-order valence-electron chi connectivity index (χ4n) is 1.44. The average Bonchev–Trinajstić information content (AvgIpc) is 2.84. The van der Waals surface area contributed by atoms with Gasteiger partial charge in [-0.15, -0.1) is 11.3 Å². The molecule has 4 nitrogen and oxygen atoms in total. The van der Waals surface area contributed by atoms with Crippen LogP contribution in [0.3, 0.4) is 0 Å². The first-order valence-corrected chi connectivity index (χ1v) is 6.50. The minimum Gasteiger partial charge on any atom is -0.489 e. The number of rotatable bonds is 4. The number of hydrogen-bond donors (Lipinski definition) is 1. The van der Waals surface area contributed by atoms with E-state index in [1.165, 1.54) is 11.3 Å². The van der Waals surface area contributed by atoms with E-state index in [-0.39, 0.29) is 12.0 Å². The number of amides is 1. The quantitative estimate of drug-likeness (QED) is 0.920. The van der Waals surface area contributed by atoms with Crippen molar-refractivity contribution in [3.8, 4) is 5.75 Å². The topological polar surface area (TPSA) is 51.2 Å². The molecule has 0 aliphatic heterocycles. The van der Waals surface area contributed by atoms with Crippen LogP contribution in [0.2, 0.25) is 0 Å². The number of nitrogens with zero attached hydrogens (tertiary/aromatic N) is 1. The smallest absolute Gasteiger partial charge is 0.267 e. The third kappa shape index (κ3) is 3.07. The largest absolute Gasteiger partial charge is 0.489 e. The molecule has 0 saturated carbocycles. The number of anilines is 1. The fraction of sp³-hybridized carbons (Fsp3) is 0.231. The van der Waals surface area contributed by atoms with Crippen LogP contribution in [0.5, 0.6) is 5.75 Å². The van der Waals surface area contributed by atoms with Gasteiger partial charge in [-0.2, -0.15) is 0 Å². The number of thiazole rings is 1. The minimum absolute atomic E-state index is 0.0615. The van der Waals surface area contributed by atoms with Crippen LogP contribution in [0.15, 0.2) is 36.0 Å². The van der Waals surface area contributed by atoms with Crippen molar-refractivity contribution in [1.29, 1.82) is 0 Å². The minimum atomic E-state index is -0.169. The van der Waals surface area contributed by atoms with Gasteiger partial charge in [0.05, 0.1) is 23.5 Å². The van der Waals surface area contributed by atoms with Crippen molar-refractivity contribution < 1.29 is 9.53 Å². The maximum Gasteiger partial charge on any atom is 0.267 e. The average molecular weight is 262 g/mol. The van der Waals surface area contributed by atoms with Gasteiger partial charge in [0, 0.05) is 0 Å². The molecule has 0 radical (unpaired) electrons. The number of carbonyl (C=O) groups excluding carboxylic acids is 1. The highest BCUT2D eigenvalue weighted by Gasteiger charge is 2.11. The Labute approximate surface area is 110 Å². The number of para-hydroxylation sites is 2. The molecule has 0 saturated heterocycles. The second-order valence-electron chi connectivity index (χ2n) is 3.98. The van der Waals surface area contributed by atoms with Gasteiger partial charge < -0.3 is 10.1 Å². The Balaban J connectivity index is 2.16. The first-order chi connectivity index (χ1) is 8.66. The van der Waals surface area contributed by atoms with Crippen molar-refractivity contribution in [2.45, 2.75) is 20.0 Å². The first-order valence-electron chi connectivity index (χ1n) is 5.62. The molecule has 0 atom stereocenters. The summed E-state index contributed by atoms with van der Waals surface area (Å²) in [6, 6.07) is 7.38. The zero-order valence-corrected chi connectivity index (χ0v) is 11.0. The van der Waals surface area contributed by atoms with E-state index in [0.29, 0.717) is 16.3 Å². The lowest BCUT2D eigenvalue weighted by molar-refractivity contribution is 0.102. The van der Waals surface area contributed by atoms with Gasteiger partial charge in [0.25, 0.3) is 5.91 Å². The van der Waals surface area contributed by atoms with E-state index >= 15 is 0 Å². The molecule has 0 spiro atoms. The van der Waals surface area contributed by atoms with Crippen LogP contribution < -0.4 is 10.1 Å². The Morgan fingerprint density at radius 3 is 2.83 bits per heavy atom. The molecule has 18 heavy (non-hydrogen) atoms. The molecule has 94 valence electrons. The molecule has 1 aromatic carbocycles. The molecule has 0 fully saturated rings. The summed E-state index contributed by atoms with van der Waals surface area (Å²) in [7, 11) is 0. The van der Waals surface area contributed by atoms with Gasteiger partial charge in [-0.1, -0.05) is 12.1 Å². The van der Waals surface area contributed by atoms with Crippen LogP contribution in [-0.2, 0) is 0 Å². The van der Waals surface area contributed by atoms with Crippen LogP contribution in [0.4, 0.5) is 5.69 Å². The monoisotopic (exact) mass is 262 g/mol. The SMILES string of the molecule is CC(C)Oc1ccccc1NC(=O)c1cncs1. The summed E-state index contributed by atoms with van der Waals surface area (Å²) in [5.41, 5.74) is 2.30. The molecular weight excluding hydrogens is 248 g/mol. The molecule has 0 bridgehead atoms. The van der Waals surface area contributed by atoms with Gasteiger partial charge in [0.2, 0.25) is 0 Å². The Bertz CT molecular complexity index is 524. The molecule has 5 heteroatoms. The van der Waals surface area contributed by atoms with Crippen molar-refractivity contribution in [2.24, 2.45) is 0 Å². The molecule has 2 aromatic rings. The predicted molar refractivity (Wildman–Crippen MR) is 72.3 cm³/mol. The first kappa shape index (κ1) is 12.6. The number of aromatic nitrogens is 1. The highest BCUT2D eigenvalue weighted by atomic mass is 32.1. The van der Waals surface area contributed by atoms with Crippen molar-refractivity contribution >= 4 is 22.9 Å². The zero-order chi connectivity index (χ0) is 13.0. The Hall–Kier alpha value is -1.88. The zero-order valence-electron chi connectivity index (χ0n) is 10.2. The predicted octanol–water partition coefficient (Wildman–Crippen LogP) is 3.18. The molecule has 0 aliphatic rings. The van der Waals surface area contributed by atoms with Crippen LogP contribution >= 0.6 is 11.3 Å². The van der Waals surface area contributed by atoms with E-state index in [1.54, 1.807) is 11.7 Å². The van der Waals surface area contributed by atoms with Crippen molar-refractivity contribution in [2.75, 3.05) is 5.32 Å². The summed E-state index contributed by atoms with van der Waals surface area (Å²) in [4.78, 5) is 16.4. The van der Waals surface area contributed by atoms with Crippen LogP contribution in [0.25, 0.3) is 0 Å². The molecule has 1 N–H and O–H groups in total. The molecule has 0 unspecified atom stereocenters. The van der Waals surface area contributed by atoms with E-state index in [1.807, 2.05) is 38.1 Å². The van der Waals surface area contributed by atoms with E-state index in [0.717, 1.165) is 0 Å². The second kappa shape index (κ2) is 5.64. The van der Waals surface area contributed by atoms with E-state index in [9.17, 15) is 4.79 Å². The standard InChI is InChI=1S/C13H14N2O2S/c1-9(2)17-11-6-4-3-5-10(11)15-13(16)12-7-14-8-18-12/h3-9H,1-2H3,(H,15,16). The van der Waals surface area contributed by atoms with Crippen LogP contribution in [0.1, 0.15) is 23.5 Å². The lowest BCUT2D eigenvalue weighted by Crippen LogP contribution is -2.13. The Morgan fingerprint density at radius 2 is 2.17 bits per heavy atom. The fourth-order valence-corrected chi connectivity index (χ4v) is 1.95. The van der Waals surface area contributed by atoms with Gasteiger partial charge >= 0.3 is 0 Å². The number of ether oxygens (including phenoxy) is 1. The molecule has 1 amide bonds.